The summed E-state index contributed by atoms with van der Waals surface area (Å²) in [5.74, 6) is -0.477. The summed E-state index contributed by atoms with van der Waals surface area (Å²) in [5, 5.41) is 11.1. The number of piperidine rings is 1. The maximum Gasteiger partial charge on any atom is 0.256 e. The van der Waals surface area contributed by atoms with E-state index in [0.29, 0.717) is 32.1 Å². The summed E-state index contributed by atoms with van der Waals surface area (Å²) >= 11 is 0. The number of hydrogen-bond donors (Lipinski definition) is 1. The molecule has 5 nitrogen and oxygen atoms in total. The lowest BCUT2D eigenvalue weighted by Crippen LogP contribution is -2.60. The highest BCUT2D eigenvalue weighted by atomic mass is 19.1. The predicted molar refractivity (Wildman–Crippen MR) is 99.1 cm³/mol. The van der Waals surface area contributed by atoms with Gasteiger partial charge in [0.1, 0.15) is 5.82 Å². The van der Waals surface area contributed by atoms with Gasteiger partial charge in [-0.1, -0.05) is 12.1 Å². The normalized spacial score (nSPS) is 25.9. The van der Waals surface area contributed by atoms with Crippen LogP contribution in [0.25, 0.3) is 0 Å². The topological polar surface area (TPSA) is 47.0 Å². The number of piperazine rings is 1. The first-order valence-electron chi connectivity index (χ1n) is 9.60. The fourth-order valence-electron chi connectivity index (χ4n) is 3.98. The van der Waals surface area contributed by atoms with E-state index in [0.717, 1.165) is 38.2 Å². The number of rotatable bonds is 5. The number of benzene rings is 1. The Bertz CT molecular complexity index is 614. The van der Waals surface area contributed by atoms with Crippen LogP contribution in [0.3, 0.4) is 0 Å². The molecule has 2 saturated heterocycles. The molecule has 0 bridgehead atoms. The number of β-amino-alcohol motifs (C(OH)–C–C–N with tert-alkyl or cyclic N) is 1. The maximum atomic E-state index is 13.1. The summed E-state index contributed by atoms with van der Waals surface area (Å²) in [7, 11) is 0. The van der Waals surface area contributed by atoms with Gasteiger partial charge in [-0.25, -0.2) is 4.39 Å². The molecule has 2 aliphatic heterocycles. The van der Waals surface area contributed by atoms with Crippen LogP contribution in [0.1, 0.15) is 32.3 Å². The van der Waals surface area contributed by atoms with E-state index in [2.05, 4.69) is 23.6 Å². The maximum absolute atomic E-state index is 13.1. The van der Waals surface area contributed by atoms with E-state index in [9.17, 15) is 14.3 Å². The quantitative estimate of drug-likeness (QED) is 0.865. The third-order valence-electron chi connectivity index (χ3n) is 5.61. The molecule has 1 atom stereocenters. The van der Waals surface area contributed by atoms with Crippen LogP contribution in [-0.4, -0.2) is 76.6 Å². The molecule has 1 amide bonds. The Labute approximate surface area is 155 Å². The predicted octanol–water partition coefficient (Wildman–Crippen LogP) is 1.71. The summed E-state index contributed by atoms with van der Waals surface area (Å²) in [6, 6.07) is 6.74. The van der Waals surface area contributed by atoms with Crippen molar-refractivity contribution < 1.29 is 14.3 Å². The van der Waals surface area contributed by atoms with Crippen molar-refractivity contribution in [2.45, 2.75) is 44.9 Å². The van der Waals surface area contributed by atoms with Crippen molar-refractivity contribution in [1.82, 2.24) is 14.7 Å². The van der Waals surface area contributed by atoms with Crippen molar-refractivity contribution in [2.24, 2.45) is 0 Å². The number of nitrogens with zero attached hydrogens (tertiary/aromatic N) is 3. The molecule has 2 aliphatic rings. The van der Waals surface area contributed by atoms with Gasteiger partial charge in [0.05, 0.1) is 0 Å². The first-order valence-corrected chi connectivity index (χ1v) is 9.60. The summed E-state index contributed by atoms with van der Waals surface area (Å²) in [5.41, 5.74) is -0.423. The van der Waals surface area contributed by atoms with Crippen molar-refractivity contribution in [1.29, 1.82) is 0 Å². The van der Waals surface area contributed by atoms with Crippen LogP contribution in [-0.2, 0) is 11.3 Å². The molecule has 0 radical (unpaired) electrons. The molecule has 0 aliphatic carbocycles. The zero-order valence-corrected chi connectivity index (χ0v) is 15.8. The molecule has 2 heterocycles. The third-order valence-corrected chi connectivity index (χ3v) is 5.61. The molecule has 2 fully saturated rings. The van der Waals surface area contributed by atoms with Gasteiger partial charge in [-0.15, -0.1) is 0 Å². The molecule has 0 aromatic heterocycles. The molecule has 26 heavy (non-hydrogen) atoms. The van der Waals surface area contributed by atoms with Crippen molar-refractivity contribution in [3.8, 4) is 0 Å². The van der Waals surface area contributed by atoms with Crippen LogP contribution in [0.15, 0.2) is 24.3 Å². The van der Waals surface area contributed by atoms with Crippen LogP contribution >= 0.6 is 0 Å². The minimum atomic E-state index is -1.31. The number of carbonyl (C=O) groups is 1. The van der Waals surface area contributed by atoms with Gasteiger partial charge in [-0.3, -0.25) is 14.6 Å². The zero-order chi connectivity index (χ0) is 18.7. The summed E-state index contributed by atoms with van der Waals surface area (Å²) in [6.45, 7) is 9.56. The SMILES string of the molecule is CC(C)N1CCN(C[C@]2(O)CCCN(Cc3ccc(F)cc3)C2=O)CC1. The Morgan fingerprint density at radius 2 is 1.77 bits per heavy atom. The zero-order valence-electron chi connectivity index (χ0n) is 15.8. The van der Waals surface area contributed by atoms with E-state index < -0.39 is 5.60 Å². The lowest BCUT2D eigenvalue weighted by molar-refractivity contribution is -0.160. The fraction of sp³-hybridized carbons (Fsp3) is 0.650. The second-order valence-corrected chi connectivity index (χ2v) is 7.89. The van der Waals surface area contributed by atoms with Crippen LogP contribution in [0.2, 0.25) is 0 Å². The molecule has 1 N–H and O–H groups in total. The monoisotopic (exact) mass is 363 g/mol. The minimum absolute atomic E-state index is 0.195. The highest BCUT2D eigenvalue weighted by Crippen LogP contribution is 2.26. The van der Waals surface area contributed by atoms with Crippen molar-refractivity contribution in [3.05, 3.63) is 35.6 Å². The molecule has 3 rings (SSSR count). The second-order valence-electron chi connectivity index (χ2n) is 7.89. The van der Waals surface area contributed by atoms with Gasteiger partial charge in [-0.2, -0.15) is 0 Å². The van der Waals surface area contributed by atoms with E-state index in [1.54, 1.807) is 17.0 Å². The number of carbonyl (C=O) groups excluding carboxylic acids is 1. The van der Waals surface area contributed by atoms with E-state index in [1.165, 1.54) is 12.1 Å². The second kappa shape index (κ2) is 8.03. The molecule has 0 spiro atoms. The standard InChI is InChI=1S/C20H30FN3O2/c1-16(2)23-12-10-22(11-13-23)15-20(26)8-3-9-24(19(20)25)14-17-4-6-18(21)7-5-17/h4-7,16,26H,3,8-15H2,1-2H3/t20-/m1/s1. The van der Waals surface area contributed by atoms with Crippen molar-refractivity contribution in [2.75, 3.05) is 39.3 Å². The van der Waals surface area contributed by atoms with Gasteiger partial charge in [0, 0.05) is 51.9 Å². The number of halogens is 1. The lowest BCUT2D eigenvalue weighted by Gasteiger charge is -2.43. The summed E-state index contributed by atoms with van der Waals surface area (Å²) < 4.78 is 13.1. The van der Waals surface area contributed by atoms with Crippen LogP contribution in [0, 0.1) is 5.82 Å². The van der Waals surface area contributed by atoms with Crippen LogP contribution in [0.5, 0.6) is 0 Å². The Balaban J connectivity index is 1.60. The number of hydrogen-bond acceptors (Lipinski definition) is 4. The van der Waals surface area contributed by atoms with E-state index in [-0.39, 0.29) is 11.7 Å². The number of aliphatic hydroxyl groups is 1. The first-order chi connectivity index (χ1) is 12.4. The molecule has 0 unspecified atom stereocenters. The average molecular weight is 363 g/mol. The Morgan fingerprint density at radius 1 is 1.12 bits per heavy atom. The molecule has 6 heteroatoms. The molecule has 144 valence electrons. The third kappa shape index (κ3) is 4.42. The highest BCUT2D eigenvalue weighted by molar-refractivity contribution is 5.86. The molecule has 1 aromatic carbocycles. The minimum Gasteiger partial charge on any atom is -0.379 e. The Kier molecular flexibility index (Phi) is 5.95. The largest absolute Gasteiger partial charge is 0.379 e. The van der Waals surface area contributed by atoms with E-state index in [1.807, 2.05) is 0 Å². The Hall–Kier alpha value is -1.50. The van der Waals surface area contributed by atoms with Crippen LogP contribution < -0.4 is 0 Å². The smallest absolute Gasteiger partial charge is 0.256 e. The Morgan fingerprint density at radius 3 is 2.38 bits per heavy atom. The van der Waals surface area contributed by atoms with Gasteiger partial charge in [-0.05, 0) is 44.4 Å². The molecular formula is C20H30FN3O2. The molecular weight excluding hydrogens is 333 g/mol. The average Bonchev–Trinajstić information content (AvgIpc) is 2.61. The highest BCUT2D eigenvalue weighted by Gasteiger charge is 2.43. The number of likely N-dealkylation sites (tertiary alicyclic amines) is 1. The van der Waals surface area contributed by atoms with Gasteiger partial charge >= 0.3 is 0 Å². The summed E-state index contributed by atoms with van der Waals surface area (Å²) in [6.07, 6.45) is 1.30. The first kappa shape index (κ1) is 19.3. The van der Waals surface area contributed by atoms with Gasteiger partial charge in [0.25, 0.3) is 5.91 Å². The molecule has 0 saturated carbocycles. The van der Waals surface area contributed by atoms with E-state index in [4.69, 9.17) is 0 Å². The van der Waals surface area contributed by atoms with Crippen LogP contribution in [0.4, 0.5) is 4.39 Å². The lowest BCUT2D eigenvalue weighted by atomic mass is 9.90. The van der Waals surface area contributed by atoms with E-state index >= 15 is 0 Å². The van der Waals surface area contributed by atoms with Crippen molar-refractivity contribution >= 4 is 5.91 Å². The fourth-order valence-corrected chi connectivity index (χ4v) is 3.98. The summed E-state index contributed by atoms with van der Waals surface area (Å²) in [4.78, 5) is 19.3. The number of amides is 1. The van der Waals surface area contributed by atoms with Gasteiger partial charge in [0.15, 0.2) is 5.60 Å². The molecule has 1 aromatic rings. The van der Waals surface area contributed by atoms with Crippen molar-refractivity contribution in [3.63, 3.8) is 0 Å². The van der Waals surface area contributed by atoms with Gasteiger partial charge in [0.2, 0.25) is 0 Å². The van der Waals surface area contributed by atoms with Gasteiger partial charge < -0.3 is 10.0 Å².